The third-order valence-corrected chi connectivity index (χ3v) is 3.22. The molecule has 0 fully saturated rings. The van der Waals surface area contributed by atoms with Crippen LogP contribution in [0.15, 0.2) is 23.0 Å². The summed E-state index contributed by atoms with van der Waals surface area (Å²) in [5.41, 5.74) is 5.16. The van der Waals surface area contributed by atoms with Gasteiger partial charge in [0.25, 0.3) is 5.56 Å². The quantitative estimate of drug-likeness (QED) is 0.896. The fourth-order valence-corrected chi connectivity index (χ4v) is 2.09. The molecule has 2 rings (SSSR count). The van der Waals surface area contributed by atoms with Gasteiger partial charge in [-0.25, -0.2) is 4.68 Å². The number of hydrogen-bond donors (Lipinski definition) is 2. The Bertz CT molecular complexity index is 703. The maximum atomic E-state index is 12.6. The topological polar surface area (TPSA) is 63.8 Å². The molecular formula is C12H11ClF3N3O. The SMILES string of the molecule is Cc1c(N)[nH]n(Cc2ccc(C(F)(F)F)c(Cl)c2)c1=O. The van der Waals surface area contributed by atoms with Crippen molar-refractivity contribution >= 4 is 17.4 Å². The van der Waals surface area contributed by atoms with Gasteiger partial charge in [0.1, 0.15) is 5.82 Å². The van der Waals surface area contributed by atoms with Crippen LogP contribution in [0.4, 0.5) is 19.0 Å². The van der Waals surface area contributed by atoms with Crippen LogP contribution in [-0.4, -0.2) is 9.78 Å². The van der Waals surface area contributed by atoms with E-state index in [0.29, 0.717) is 11.1 Å². The minimum atomic E-state index is -4.50. The maximum Gasteiger partial charge on any atom is 0.417 e. The summed E-state index contributed by atoms with van der Waals surface area (Å²) in [5.74, 6) is 0.230. The van der Waals surface area contributed by atoms with Crippen molar-refractivity contribution in [2.45, 2.75) is 19.6 Å². The molecular weight excluding hydrogens is 295 g/mol. The largest absolute Gasteiger partial charge is 0.417 e. The van der Waals surface area contributed by atoms with Crippen molar-refractivity contribution in [3.8, 4) is 0 Å². The summed E-state index contributed by atoms with van der Waals surface area (Å²) in [5, 5.41) is 2.24. The van der Waals surface area contributed by atoms with Gasteiger partial charge in [0.15, 0.2) is 0 Å². The maximum absolute atomic E-state index is 12.6. The number of nitrogens with zero attached hydrogens (tertiary/aromatic N) is 1. The number of rotatable bonds is 2. The van der Waals surface area contributed by atoms with Crippen molar-refractivity contribution in [1.29, 1.82) is 0 Å². The van der Waals surface area contributed by atoms with Gasteiger partial charge in [-0.1, -0.05) is 17.7 Å². The van der Waals surface area contributed by atoms with E-state index in [1.807, 2.05) is 0 Å². The highest BCUT2D eigenvalue weighted by molar-refractivity contribution is 6.31. The molecule has 3 N–H and O–H groups in total. The van der Waals surface area contributed by atoms with E-state index in [1.165, 1.54) is 16.8 Å². The van der Waals surface area contributed by atoms with Crippen LogP contribution in [0.2, 0.25) is 5.02 Å². The summed E-state index contributed by atoms with van der Waals surface area (Å²) in [6.07, 6.45) is -4.50. The lowest BCUT2D eigenvalue weighted by Crippen LogP contribution is -2.18. The summed E-state index contributed by atoms with van der Waals surface area (Å²) in [6.45, 7) is 1.62. The van der Waals surface area contributed by atoms with E-state index < -0.39 is 16.8 Å². The van der Waals surface area contributed by atoms with Gasteiger partial charge in [0, 0.05) is 0 Å². The monoisotopic (exact) mass is 305 g/mol. The molecule has 0 unspecified atom stereocenters. The Morgan fingerprint density at radius 2 is 2.05 bits per heavy atom. The molecule has 4 nitrogen and oxygen atoms in total. The molecule has 0 saturated carbocycles. The summed E-state index contributed by atoms with van der Waals surface area (Å²) in [6, 6.07) is 3.35. The van der Waals surface area contributed by atoms with Crippen LogP contribution in [0, 0.1) is 6.92 Å². The number of halogens is 4. The second-order valence-electron chi connectivity index (χ2n) is 4.35. The number of aromatic amines is 1. The van der Waals surface area contributed by atoms with Crippen molar-refractivity contribution in [1.82, 2.24) is 9.78 Å². The zero-order chi connectivity index (χ0) is 15.1. The van der Waals surface area contributed by atoms with E-state index >= 15 is 0 Å². The standard InChI is InChI=1S/C12H11ClF3N3O/c1-6-10(17)18-19(11(6)20)5-7-2-3-8(9(13)4-7)12(14,15)16/h2-4,18H,5,17H2,1H3. The van der Waals surface area contributed by atoms with Gasteiger partial charge in [-0.15, -0.1) is 0 Å². The average Bonchev–Trinajstić information content (AvgIpc) is 2.55. The molecule has 0 atom stereocenters. The predicted molar refractivity (Wildman–Crippen MR) is 69.8 cm³/mol. The van der Waals surface area contributed by atoms with Crippen molar-refractivity contribution in [3.63, 3.8) is 0 Å². The third kappa shape index (κ3) is 2.67. The van der Waals surface area contributed by atoms with Gasteiger partial charge in [0.2, 0.25) is 0 Å². The number of benzene rings is 1. The van der Waals surface area contributed by atoms with Crippen LogP contribution >= 0.6 is 11.6 Å². The van der Waals surface area contributed by atoms with Crippen LogP contribution in [-0.2, 0) is 12.7 Å². The molecule has 0 aliphatic carbocycles. The number of hydrogen-bond acceptors (Lipinski definition) is 2. The molecule has 1 heterocycles. The van der Waals surface area contributed by atoms with Crippen molar-refractivity contribution in [2.24, 2.45) is 0 Å². The van der Waals surface area contributed by atoms with E-state index in [9.17, 15) is 18.0 Å². The Morgan fingerprint density at radius 1 is 1.40 bits per heavy atom. The average molecular weight is 306 g/mol. The number of nitrogens with two attached hydrogens (primary N) is 1. The molecule has 0 amide bonds. The number of aromatic nitrogens is 2. The van der Waals surface area contributed by atoms with Gasteiger partial charge >= 0.3 is 6.18 Å². The van der Waals surface area contributed by atoms with Gasteiger partial charge in [0.05, 0.1) is 22.7 Å². The first-order valence-electron chi connectivity index (χ1n) is 5.60. The van der Waals surface area contributed by atoms with Gasteiger partial charge in [-0.3, -0.25) is 9.89 Å². The number of H-pyrrole nitrogens is 1. The molecule has 108 valence electrons. The van der Waals surface area contributed by atoms with Gasteiger partial charge in [-0.2, -0.15) is 13.2 Å². The highest BCUT2D eigenvalue weighted by Crippen LogP contribution is 2.34. The first-order chi connectivity index (χ1) is 9.20. The van der Waals surface area contributed by atoms with E-state index in [-0.39, 0.29) is 17.9 Å². The van der Waals surface area contributed by atoms with Crippen LogP contribution in [0.1, 0.15) is 16.7 Å². The lowest BCUT2D eigenvalue weighted by Gasteiger charge is -2.10. The van der Waals surface area contributed by atoms with E-state index in [0.717, 1.165) is 6.07 Å². The van der Waals surface area contributed by atoms with Crippen LogP contribution in [0.3, 0.4) is 0 Å². The molecule has 20 heavy (non-hydrogen) atoms. The van der Waals surface area contributed by atoms with Gasteiger partial charge in [-0.05, 0) is 24.6 Å². The first kappa shape index (κ1) is 14.5. The number of nitrogens with one attached hydrogen (secondary N) is 1. The van der Waals surface area contributed by atoms with Crippen molar-refractivity contribution in [3.05, 3.63) is 50.3 Å². The lowest BCUT2D eigenvalue weighted by molar-refractivity contribution is -0.137. The minimum absolute atomic E-state index is 0.0642. The second-order valence-corrected chi connectivity index (χ2v) is 4.76. The van der Waals surface area contributed by atoms with E-state index in [2.05, 4.69) is 5.10 Å². The molecule has 0 aliphatic rings. The fraction of sp³-hybridized carbons (Fsp3) is 0.250. The first-order valence-corrected chi connectivity index (χ1v) is 5.98. The Labute approximate surface area is 116 Å². The Morgan fingerprint density at radius 3 is 2.50 bits per heavy atom. The van der Waals surface area contributed by atoms with Gasteiger partial charge < -0.3 is 5.73 Å². The smallest absolute Gasteiger partial charge is 0.384 e. The highest BCUT2D eigenvalue weighted by atomic mass is 35.5. The zero-order valence-electron chi connectivity index (χ0n) is 10.4. The lowest BCUT2D eigenvalue weighted by atomic mass is 10.1. The molecule has 0 aliphatic heterocycles. The summed E-state index contributed by atoms with van der Waals surface area (Å²) in [7, 11) is 0. The molecule has 0 saturated heterocycles. The number of alkyl halides is 3. The highest BCUT2D eigenvalue weighted by Gasteiger charge is 2.33. The zero-order valence-corrected chi connectivity index (χ0v) is 11.1. The molecule has 8 heteroatoms. The van der Waals surface area contributed by atoms with Crippen molar-refractivity contribution < 1.29 is 13.2 Å². The normalized spacial score (nSPS) is 11.8. The summed E-state index contributed by atoms with van der Waals surface area (Å²) < 4.78 is 38.9. The molecule has 0 bridgehead atoms. The fourth-order valence-electron chi connectivity index (χ4n) is 1.78. The second kappa shape index (κ2) is 4.90. The molecule has 0 spiro atoms. The third-order valence-electron chi connectivity index (χ3n) is 2.90. The Balaban J connectivity index is 2.34. The van der Waals surface area contributed by atoms with E-state index in [1.54, 1.807) is 6.92 Å². The summed E-state index contributed by atoms with van der Waals surface area (Å²) >= 11 is 5.61. The Hall–Kier alpha value is -1.89. The number of anilines is 1. The Kier molecular flexibility index (Phi) is 3.56. The van der Waals surface area contributed by atoms with E-state index in [4.69, 9.17) is 17.3 Å². The molecule has 1 aromatic heterocycles. The van der Waals surface area contributed by atoms with Crippen LogP contribution in [0.5, 0.6) is 0 Å². The number of nitrogen functional groups attached to an aromatic ring is 1. The van der Waals surface area contributed by atoms with Crippen LogP contribution in [0.25, 0.3) is 0 Å². The predicted octanol–water partition coefficient (Wildman–Crippen LogP) is 2.79. The van der Waals surface area contributed by atoms with Crippen LogP contribution < -0.4 is 11.3 Å². The summed E-state index contributed by atoms with van der Waals surface area (Å²) in [4.78, 5) is 11.7. The molecule has 1 aromatic carbocycles. The minimum Gasteiger partial charge on any atom is -0.384 e. The van der Waals surface area contributed by atoms with Crippen molar-refractivity contribution in [2.75, 3.05) is 5.73 Å². The molecule has 2 aromatic rings. The molecule has 0 radical (unpaired) electrons.